The first-order valence-corrected chi connectivity index (χ1v) is 7.48. The summed E-state index contributed by atoms with van der Waals surface area (Å²) in [4.78, 5) is 0. The number of aliphatic hydroxyl groups excluding tert-OH is 1. The van der Waals surface area contributed by atoms with Crippen LogP contribution in [0.3, 0.4) is 0 Å². The van der Waals surface area contributed by atoms with Gasteiger partial charge in [0.2, 0.25) is 0 Å². The van der Waals surface area contributed by atoms with E-state index in [2.05, 4.69) is 6.92 Å². The second-order valence-electron chi connectivity index (χ2n) is 5.89. The van der Waals surface area contributed by atoms with Gasteiger partial charge in [0.1, 0.15) is 0 Å². The van der Waals surface area contributed by atoms with E-state index in [1.54, 1.807) is 14.2 Å². The Hall–Kier alpha value is -1.22. The van der Waals surface area contributed by atoms with Gasteiger partial charge in [0.05, 0.1) is 20.3 Å². The third kappa shape index (κ3) is 2.51. The average molecular weight is 278 g/mol. The smallest absolute Gasteiger partial charge is 0.161 e. The van der Waals surface area contributed by atoms with Gasteiger partial charge in [0, 0.05) is 5.41 Å². The van der Waals surface area contributed by atoms with Gasteiger partial charge in [-0.15, -0.1) is 0 Å². The average Bonchev–Trinajstić information content (AvgIpc) is 2.96. The molecule has 3 nitrogen and oxygen atoms in total. The molecule has 0 aliphatic heterocycles. The molecule has 1 unspecified atom stereocenters. The molecule has 1 fully saturated rings. The molecule has 1 atom stereocenters. The molecule has 1 aromatic rings. The van der Waals surface area contributed by atoms with Gasteiger partial charge in [0.25, 0.3) is 0 Å². The molecule has 1 aliphatic rings. The summed E-state index contributed by atoms with van der Waals surface area (Å²) in [6.07, 6.45) is 5.25. The van der Waals surface area contributed by atoms with Crippen molar-refractivity contribution >= 4 is 0 Å². The zero-order valence-electron chi connectivity index (χ0n) is 13.0. The maximum Gasteiger partial charge on any atom is 0.161 e. The van der Waals surface area contributed by atoms with Crippen LogP contribution in [-0.4, -0.2) is 19.3 Å². The van der Waals surface area contributed by atoms with Crippen molar-refractivity contribution < 1.29 is 14.6 Å². The highest BCUT2D eigenvalue weighted by Gasteiger charge is 2.40. The van der Waals surface area contributed by atoms with Gasteiger partial charge in [-0.1, -0.05) is 19.8 Å². The Morgan fingerprint density at radius 3 is 2.20 bits per heavy atom. The van der Waals surface area contributed by atoms with Crippen molar-refractivity contribution in [3.8, 4) is 11.5 Å². The van der Waals surface area contributed by atoms with Crippen LogP contribution < -0.4 is 9.47 Å². The van der Waals surface area contributed by atoms with Gasteiger partial charge < -0.3 is 14.6 Å². The lowest BCUT2D eigenvalue weighted by Crippen LogP contribution is -2.25. The molecule has 0 saturated heterocycles. The Labute approximate surface area is 121 Å². The summed E-state index contributed by atoms with van der Waals surface area (Å²) in [5.41, 5.74) is 2.07. The third-order valence-corrected chi connectivity index (χ3v) is 4.95. The molecule has 1 N–H and O–H groups in total. The Balaban J connectivity index is 2.41. The zero-order valence-corrected chi connectivity index (χ0v) is 13.0. The lowest BCUT2D eigenvalue weighted by atomic mass is 9.74. The topological polar surface area (TPSA) is 38.7 Å². The summed E-state index contributed by atoms with van der Waals surface area (Å²) in [5.74, 6) is 1.41. The molecular formula is C17H26O3. The fourth-order valence-electron chi connectivity index (χ4n) is 3.52. The van der Waals surface area contributed by atoms with Gasteiger partial charge in [-0.3, -0.25) is 0 Å². The number of benzene rings is 1. The van der Waals surface area contributed by atoms with Crippen molar-refractivity contribution in [1.29, 1.82) is 0 Å². The molecule has 0 amide bonds. The molecule has 112 valence electrons. The minimum absolute atomic E-state index is 0.0321. The van der Waals surface area contributed by atoms with E-state index < -0.39 is 6.10 Å². The standard InChI is InChI=1S/C17H26O3/c1-5-17(8-6-7-9-17)16(18)13-11-15(20-4)14(19-3)10-12(13)2/h10-11,16,18H,5-9H2,1-4H3. The van der Waals surface area contributed by atoms with Crippen molar-refractivity contribution in [2.24, 2.45) is 5.41 Å². The van der Waals surface area contributed by atoms with Gasteiger partial charge in [-0.2, -0.15) is 0 Å². The maximum absolute atomic E-state index is 10.9. The molecule has 1 aromatic carbocycles. The van der Waals surface area contributed by atoms with E-state index in [9.17, 15) is 5.11 Å². The number of hydrogen-bond donors (Lipinski definition) is 1. The first-order chi connectivity index (χ1) is 9.57. The highest BCUT2D eigenvalue weighted by molar-refractivity contribution is 5.48. The van der Waals surface area contributed by atoms with Gasteiger partial charge in [-0.25, -0.2) is 0 Å². The van der Waals surface area contributed by atoms with Crippen molar-refractivity contribution in [3.05, 3.63) is 23.3 Å². The lowest BCUT2D eigenvalue weighted by molar-refractivity contribution is 0.0231. The predicted molar refractivity (Wildman–Crippen MR) is 80.4 cm³/mol. The van der Waals surface area contributed by atoms with E-state index in [4.69, 9.17) is 9.47 Å². The Bertz CT molecular complexity index is 462. The van der Waals surface area contributed by atoms with Crippen LogP contribution in [-0.2, 0) is 0 Å². The number of aryl methyl sites for hydroxylation is 1. The summed E-state index contributed by atoms with van der Waals surface area (Å²) in [7, 11) is 3.27. The molecule has 0 aromatic heterocycles. The first kappa shape index (κ1) is 15.2. The Kier molecular flexibility index (Phi) is 4.59. The van der Waals surface area contributed by atoms with Crippen LogP contribution >= 0.6 is 0 Å². The van der Waals surface area contributed by atoms with E-state index in [0.717, 1.165) is 36.1 Å². The summed E-state index contributed by atoms with van der Waals surface area (Å²) in [5, 5.41) is 10.9. The molecule has 2 rings (SSSR count). The molecule has 0 heterocycles. The van der Waals surface area contributed by atoms with Crippen molar-refractivity contribution in [2.75, 3.05) is 14.2 Å². The van der Waals surface area contributed by atoms with Crippen molar-refractivity contribution in [3.63, 3.8) is 0 Å². The van der Waals surface area contributed by atoms with E-state index in [-0.39, 0.29) is 5.41 Å². The number of methoxy groups -OCH3 is 2. The normalized spacial score (nSPS) is 18.9. The number of aliphatic hydroxyl groups is 1. The van der Waals surface area contributed by atoms with Crippen molar-refractivity contribution in [2.45, 2.75) is 52.1 Å². The second-order valence-corrected chi connectivity index (χ2v) is 5.89. The van der Waals surface area contributed by atoms with Crippen LogP contribution in [0, 0.1) is 12.3 Å². The fraction of sp³-hybridized carbons (Fsp3) is 0.647. The second kappa shape index (κ2) is 6.04. The highest BCUT2D eigenvalue weighted by Crippen LogP contribution is 2.51. The van der Waals surface area contributed by atoms with E-state index in [1.165, 1.54) is 12.8 Å². The molecule has 0 bridgehead atoms. The van der Waals surface area contributed by atoms with Gasteiger partial charge in [-0.05, 0) is 49.4 Å². The summed E-state index contributed by atoms with van der Waals surface area (Å²) in [6.45, 7) is 4.21. The van der Waals surface area contributed by atoms with Crippen molar-refractivity contribution in [1.82, 2.24) is 0 Å². The van der Waals surface area contributed by atoms with E-state index in [1.807, 2.05) is 19.1 Å². The molecule has 0 radical (unpaired) electrons. The fourth-order valence-corrected chi connectivity index (χ4v) is 3.52. The first-order valence-electron chi connectivity index (χ1n) is 7.48. The monoisotopic (exact) mass is 278 g/mol. The minimum atomic E-state index is -0.421. The van der Waals surface area contributed by atoms with Crippen LogP contribution in [0.5, 0.6) is 11.5 Å². The Morgan fingerprint density at radius 2 is 1.70 bits per heavy atom. The highest BCUT2D eigenvalue weighted by atomic mass is 16.5. The molecular weight excluding hydrogens is 252 g/mol. The number of rotatable bonds is 5. The quantitative estimate of drug-likeness (QED) is 0.884. The van der Waals surface area contributed by atoms with E-state index in [0.29, 0.717) is 5.75 Å². The van der Waals surface area contributed by atoms with Crippen LogP contribution in [0.2, 0.25) is 0 Å². The van der Waals surface area contributed by atoms with Gasteiger partial charge in [0.15, 0.2) is 11.5 Å². The maximum atomic E-state index is 10.9. The molecule has 0 spiro atoms. The third-order valence-electron chi connectivity index (χ3n) is 4.95. The largest absolute Gasteiger partial charge is 0.493 e. The molecule has 20 heavy (non-hydrogen) atoms. The number of hydrogen-bond acceptors (Lipinski definition) is 3. The Morgan fingerprint density at radius 1 is 1.15 bits per heavy atom. The lowest BCUT2D eigenvalue weighted by Gasteiger charge is -2.34. The predicted octanol–water partition coefficient (Wildman–Crippen LogP) is 4.02. The van der Waals surface area contributed by atoms with E-state index >= 15 is 0 Å². The minimum Gasteiger partial charge on any atom is -0.493 e. The van der Waals surface area contributed by atoms with Crippen LogP contribution in [0.4, 0.5) is 0 Å². The number of ether oxygens (including phenoxy) is 2. The zero-order chi connectivity index (χ0) is 14.8. The van der Waals surface area contributed by atoms with Crippen LogP contribution in [0.15, 0.2) is 12.1 Å². The van der Waals surface area contributed by atoms with Gasteiger partial charge >= 0.3 is 0 Å². The SMILES string of the molecule is CCC1(C(O)c2cc(OC)c(OC)cc2C)CCCC1. The summed E-state index contributed by atoms with van der Waals surface area (Å²) >= 11 is 0. The van der Waals surface area contributed by atoms with Crippen LogP contribution in [0.25, 0.3) is 0 Å². The molecule has 3 heteroatoms. The summed E-state index contributed by atoms with van der Waals surface area (Å²) in [6, 6.07) is 3.89. The molecule has 1 saturated carbocycles. The molecule has 1 aliphatic carbocycles. The van der Waals surface area contributed by atoms with Crippen LogP contribution in [0.1, 0.15) is 56.3 Å². The summed E-state index contributed by atoms with van der Waals surface area (Å²) < 4.78 is 10.7.